The van der Waals surface area contributed by atoms with Crippen LogP contribution in [0.25, 0.3) is 0 Å². The minimum Gasteiger partial charge on any atom is -0.353 e. The maximum absolute atomic E-state index is 13.3. The zero-order chi connectivity index (χ0) is 25.7. The number of hydrogen-bond donors (Lipinski definition) is 0. The SMILES string of the molecule is CCCC/C=C\CCCCCCCCCC(CC#CCOC1CCCCO1)S(=O)(=O)c1ccccc1. The van der Waals surface area contributed by atoms with Gasteiger partial charge in [-0.15, -0.1) is 0 Å². The summed E-state index contributed by atoms with van der Waals surface area (Å²) in [5.41, 5.74) is 0. The molecule has 1 aromatic carbocycles. The molecule has 1 fully saturated rings. The van der Waals surface area contributed by atoms with Crippen LogP contribution in [-0.2, 0) is 19.3 Å². The molecule has 0 spiro atoms. The lowest BCUT2D eigenvalue weighted by Crippen LogP contribution is -2.22. The molecule has 202 valence electrons. The summed E-state index contributed by atoms with van der Waals surface area (Å²) in [6, 6.07) is 8.81. The van der Waals surface area contributed by atoms with Crippen molar-refractivity contribution >= 4 is 9.84 Å². The van der Waals surface area contributed by atoms with Gasteiger partial charge in [0.2, 0.25) is 0 Å². The standard InChI is InChI=1S/C31H48O4S/c1-2-3-4-5-6-7-8-9-10-11-12-13-15-22-30(36(32,33)29-23-16-14-17-24-29)25-18-20-27-34-31-26-19-21-28-35-31/h5-6,14,16-17,23-24,30-31H,2-4,7-13,15,19,21-22,25-28H2,1H3/b6-5-. The van der Waals surface area contributed by atoms with Gasteiger partial charge < -0.3 is 9.47 Å². The summed E-state index contributed by atoms with van der Waals surface area (Å²) < 4.78 is 37.8. The Kier molecular flexibility index (Phi) is 16.6. The van der Waals surface area contributed by atoms with Crippen molar-refractivity contribution in [3.63, 3.8) is 0 Å². The van der Waals surface area contributed by atoms with Gasteiger partial charge in [0.1, 0.15) is 6.61 Å². The molecule has 1 saturated heterocycles. The van der Waals surface area contributed by atoms with Crippen LogP contribution in [-0.4, -0.2) is 33.2 Å². The van der Waals surface area contributed by atoms with E-state index in [0.717, 1.165) is 38.7 Å². The van der Waals surface area contributed by atoms with Crippen LogP contribution in [0.4, 0.5) is 0 Å². The molecule has 36 heavy (non-hydrogen) atoms. The molecular formula is C31H48O4S. The van der Waals surface area contributed by atoms with Crippen LogP contribution in [0.5, 0.6) is 0 Å². The first-order valence-corrected chi connectivity index (χ1v) is 15.8. The minimum absolute atomic E-state index is 0.167. The van der Waals surface area contributed by atoms with E-state index in [0.29, 0.717) is 17.7 Å². The Hall–Kier alpha value is -1.61. The Morgan fingerprint density at radius 3 is 2.33 bits per heavy atom. The monoisotopic (exact) mass is 516 g/mol. The third kappa shape index (κ3) is 13.1. The van der Waals surface area contributed by atoms with Gasteiger partial charge in [-0.1, -0.05) is 100 Å². The van der Waals surface area contributed by atoms with Gasteiger partial charge in [-0.25, -0.2) is 8.42 Å². The maximum Gasteiger partial charge on any atom is 0.182 e. The summed E-state index contributed by atoms with van der Waals surface area (Å²) in [6.45, 7) is 3.26. The molecule has 4 nitrogen and oxygen atoms in total. The lowest BCUT2D eigenvalue weighted by Gasteiger charge is -2.21. The van der Waals surface area contributed by atoms with Crippen molar-refractivity contribution in [1.82, 2.24) is 0 Å². The summed E-state index contributed by atoms with van der Waals surface area (Å²) in [7, 11) is -3.40. The molecule has 2 rings (SSSR count). The van der Waals surface area contributed by atoms with Gasteiger partial charge in [0.05, 0.1) is 10.1 Å². The molecular weight excluding hydrogens is 468 g/mol. The second kappa shape index (κ2) is 19.5. The fraction of sp³-hybridized carbons (Fsp3) is 0.677. The molecule has 1 heterocycles. The van der Waals surface area contributed by atoms with Gasteiger partial charge >= 0.3 is 0 Å². The van der Waals surface area contributed by atoms with Gasteiger partial charge in [0.25, 0.3) is 0 Å². The molecule has 2 unspecified atom stereocenters. The number of hydrogen-bond acceptors (Lipinski definition) is 4. The Bertz CT molecular complexity index is 861. The van der Waals surface area contributed by atoms with Crippen molar-refractivity contribution < 1.29 is 17.9 Å². The molecule has 0 aliphatic carbocycles. The van der Waals surface area contributed by atoms with Gasteiger partial charge in [0, 0.05) is 13.0 Å². The van der Waals surface area contributed by atoms with Crippen LogP contribution < -0.4 is 0 Å². The molecule has 1 aliphatic rings. The topological polar surface area (TPSA) is 52.6 Å². The van der Waals surface area contributed by atoms with E-state index in [2.05, 4.69) is 30.9 Å². The first kappa shape index (κ1) is 30.6. The molecule has 0 bridgehead atoms. The van der Waals surface area contributed by atoms with E-state index in [4.69, 9.17) is 9.47 Å². The molecule has 0 amide bonds. The molecule has 2 atom stereocenters. The van der Waals surface area contributed by atoms with Crippen molar-refractivity contribution in [1.29, 1.82) is 0 Å². The van der Waals surface area contributed by atoms with Crippen LogP contribution in [0.2, 0.25) is 0 Å². The number of benzene rings is 1. The zero-order valence-corrected chi connectivity index (χ0v) is 23.3. The molecule has 0 radical (unpaired) electrons. The quantitative estimate of drug-likeness (QED) is 0.113. The molecule has 0 saturated carbocycles. The van der Waals surface area contributed by atoms with Gasteiger partial charge in [-0.2, -0.15) is 0 Å². The number of allylic oxidation sites excluding steroid dienone is 2. The molecule has 0 aromatic heterocycles. The summed E-state index contributed by atoms with van der Waals surface area (Å²) in [5.74, 6) is 6.10. The maximum atomic E-state index is 13.3. The van der Waals surface area contributed by atoms with Crippen LogP contribution in [0.15, 0.2) is 47.4 Å². The average molecular weight is 517 g/mol. The lowest BCUT2D eigenvalue weighted by atomic mass is 10.1. The molecule has 5 heteroatoms. The highest BCUT2D eigenvalue weighted by Crippen LogP contribution is 2.23. The summed E-state index contributed by atoms with van der Waals surface area (Å²) in [5, 5.41) is -0.474. The number of rotatable bonds is 18. The average Bonchev–Trinajstić information content (AvgIpc) is 2.91. The second-order valence-corrected chi connectivity index (χ2v) is 12.0. The van der Waals surface area contributed by atoms with Gasteiger partial charge in [-0.3, -0.25) is 0 Å². The Morgan fingerprint density at radius 2 is 1.64 bits per heavy atom. The highest BCUT2D eigenvalue weighted by Gasteiger charge is 2.26. The van der Waals surface area contributed by atoms with Crippen LogP contribution in [0.3, 0.4) is 0 Å². The number of sulfone groups is 1. The van der Waals surface area contributed by atoms with E-state index in [1.807, 2.05) is 6.07 Å². The predicted molar refractivity (Wildman–Crippen MR) is 150 cm³/mol. The Morgan fingerprint density at radius 1 is 0.944 bits per heavy atom. The largest absolute Gasteiger partial charge is 0.353 e. The fourth-order valence-corrected chi connectivity index (χ4v) is 6.16. The first-order chi connectivity index (χ1) is 17.6. The van der Waals surface area contributed by atoms with Gasteiger partial charge in [-0.05, 0) is 57.1 Å². The number of unbranched alkanes of at least 4 members (excludes halogenated alkanes) is 9. The highest BCUT2D eigenvalue weighted by molar-refractivity contribution is 7.92. The van der Waals surface area contributed by atoms with Crippen LogP contribution >= 0.6 is 0 Å². The van der Waals surface area contributed by atoms with Crippen LogP contribution in [0.1, 0.15) is 110 Å². The zero-order valence-electron chi connectivity index (χ0n) is 22.5. The van der Waals surface area contributed by atoms with Gasteiger partial charge in [0.15, 0.2) is 16.1 Å². The van der Waals surface area contributed by atoms with Crippen molar-refractivity contribution in [2.45, 2.75) is 126 Å². The van der Waals surface area contributed by atoms with Crippen molar-refractivity contribution in [2.24, 2.45) is 0 Å². The van der Waals surface area contributed by atoms with E-state index < -0.39 is 15.1 Å². The summed E-state index contributed by atoms with van der Waals surface area (Å²) >= 11 is 0. The van der Waals surface area contributed by atoms with Crippen molar-refractivity contribution in [3.05, 3.63) is 42.5 Å². The Labute approximate surface area is 221 Å². The van der Waals surface area contributed by atoms with E-state index in [1.54, 1.807) is 24.3 Å². The van der Waals surface area contributed by atoms with E-state index in [-0.39, 0.29) is 12.9 Å². The minimum atomic E-state index is -3.40. The third-order valence-corrected chi connectivity index (χ3v) is 8.94. The van der Waals surface area contributed by atoms with Crippen molar-refractivity contribution in [2.75, 3.05) is 13.2 Å². The molecule has 1 aliphatic heterocycles. The smallest absolute Gasteiger partial charge is 0.182 e. The molecule has 1 aromatic rings. The lowest BCUT2D eigenvalue weighted by molar-refractivity contribution is -0.154. The summed E-state index contributed by atoms with van der Waals surface area (Å²) in [4.78, 5) is 0.396. The van der Waals surface area contributed by atoms with E-state index in [9.17, 15) is 8.42 Å². The Balaban J connectivity index is 1.70. The van der Waals surface area contributed by atoms with Crippen molar-refractivity contribution in [3.8, 4) is 11.8 Å². The van der Waals surface area contributed by atoms with Crippen LogP contribution in [0, 0.1) is 11.8 Å². The normalized spacial score (nSPS) is 17.1. The van der Waals surface area contributed by atoms with E-state index in [1.165, 1.54) is 57.8 Å². The second-order valence-electron chi connectivity index (χ2n) is 9.81. The van der Waals surface area contributed by atoms with E-state index >= 15 is 0 Å². The first-order valence-electron chi connectivity index (χ1n) is 14.3. The highest BCUT2D eigenvalue weighted by atomic mass is 32.2. The fourth-order valence-electron chi connectivity index (χ4n) is 4.46. The third-order valence-electron chi connectivity index (χ3n) is 6.73. The number of ether oxygens (including phenoxy) is 2. The summed E-state index contributed by atoms with van der Waals surface area (Å²) in [6.07, 6.45) is 21.8. The molecule has 0 N–H and O–H groups in total. The predicted octanol–water partition coefficient (Wildman–Crippen LogP) is 8.02.